The van der Waals surface area contributed by atoms with E-state index >= 15 is 0 Å². The monoisotopic (exact) mass is 465 g/mol. The van der Waals surface area contributed by atoms with Crippen molar-refractivity contribution < 1.29 is 19.4 Å². The van der Waals surface area contributed by atoms with Gasteiger partial charge < -0.3 is 24.4 Å². The highest BCUT2D eigenvalue weighted by atomic mass is 16.5. The van der Waals surface area contributed by atoms with E-state index in [9.17, 15) is 9.90 Å². The number of rotatable bonds is 7. The molecule has 1 aliphatic heterocycles. The van der Waals surface area contributed by atoms with Gasteiger partial charge in [-0.2, -0.15) is 0 Å². The molecule has 0 spiro atoms. The normalized spacial score (nSPS) is 18.8. The van der Waals surface area contributed by atoms with Gasteiger partial charge in [-0.3, -0.25) is 4.79 Å². The van der Waals surface area contributed by atoms with Gasteiger partial charge in [-0.1, -0.05) is 25.7 Å². The highest BCUT2D eigenvalue weighted by Gasteiger charge is 2.34. The van der Waals surface area contributed by atoms with Gasteiger partial charge in [0.05, 0.1) is 19.8 Å². The Morgan fingerprint density at radius 1 is 1.29 bits per heavy atom. The second-order valence-corrected chi connectivity index (χ2v) is 8.94. The lowest BCUT2D eigenvalue weighted by Gasteiger charge is -2.37. The van der Waals surface area contributed by atoms with E-state index in [2.05, 4.69) is 42.6 Å². The first kappa shape index (κ1) is 25.5. The summed E-state index contributed by atoms with van der Waals surface area (Å²) in [6, 6.07) is 8.89. The molecule has 0 saturated heterocycles. The minimum Gasteiger partial charge on any atom is -0.497 e. The molecule has 1 N–H and O–H groups in total. The number of likely N-dealkylation sites (N-methyl/N-ethyl adjacent to an activating group) is 1. The van der Waals surface area contributed by atoms with Gasteiger partial charge in [0.15, 0.2) is 0 Å². The third-order valence-corrected chi connectivity index (χ3v) is 6.06. The highest BCUT2D eigenvalue weighted by molar-refractivity contribution is 5.97. The summed E-state index contributed by atoms with van der Waals surface area (Å²) in [6.07, 6.45) is 2.55. The molecule has 2 aromatic rings. The van der Waals surface area contributed by atoms with E-state index in [0.717, 1.165) is 30.8 Å². The maximum absolute atomic E-state index is 13.5. The van der Waals surface area contributed by atoms with Crippen LogP contribution in [0.3, 0.4) is 0 Å². The maximum atomic E-state index is 13.5. The number of ether oxygens (including phenoxy) is 2. The van der Waals surface area contributed by atoms with Gasteiger partial charge in [-0.25, -0.2) is 4.98 Å². The van der Waals surface area contributed by atoms with Gasteiger partial charge in [0.25, 0.3) is 5.91 Å². The Bertz CT molecular complexity index is 1030. The van der Waals surface area contributed by atoms with Crippen molar-refractivity contribution in [1.82, 2.24) is 14.8 Å². The Balaban J connectivity index is 1.95. The Kier molecular flexibility index (Phi) is 8.91. The zero-order valence-corrected chi connectivity index (χ0v) is 20.7. The fraction of sp³-hybridized carbons (Fsp3) is 0.481. The van der Waals surface area contributed by atoms with Crippen molar-refractivity contribution in [3.8, 4) is 23.5 Å². The molecule has 3 rings (SSSR count). The molecular formula is C27H35N3O4. The second kappa shape index (κ2) is 11.9. The Morgan fingerprint density at radius 3 is 2.65 bits per heavy atom. The number of carbonyl (C=O) groups is 1. The van der Waals surface area contributed by atoms with Crippen LogP contribution in [0.5, 0.6) is 11.6 Å². The molecule has 34 heavy (non-hydrogen) atoms. The van der Waals surface area contributed by atoms with Gasteiger partial charge in [0, 0.05) is 36.3 Å². The molecule has 3 atom stereocenters. The summed E-state index contributed by atoms with van der Waals surface area (Å²) < 4.78 is 11.5. The lowest BCUT2D eigenvalue weighted by molar-refractivity contribution is 0.0331. The molecule has 182 valence electrons. The molecule has 7 nitrogen and oxygen atoms in total. The first-order chi connectivity index (χ1) is 16.4. The van der Waals surface area contributed by atoms with Crippen LogP contribution in [-0.2, 0) is 0 Å². The van der Waals surface area contributed by atoms with Crippen LogP contribution in [0.1, 0.15) is 48.7 Å². The van der Waals surface area contributed by atoms with E-state index in [4.69, 9.17) is 9.47 Å². The first-order valence-electron chi connectivity index (χ1n) is 11.8. The summed E-state index contributed by atoms with van der Waals surface area (Å²) in [5, 5.41) is 9.80. The van der Waals surface area contributed by atoms with Crippen LogP contribution < -0.4 is 9.47 Å². The molecule has 1 aliphatic rings. The summed E-state index contributed by atoms with van der Waals surface area (Å²) >= 11 is 0. The number of nitrogens with zero attached hydrogens (tertiary/aromatic N) is 3. The molecule has 2 heterocycles. The van der Waals surface area contributed by atoms with Crippen molar-refractivity contribution in [2.75, 3.05) is 40.4 Å². The smallest absolute Gasteiger partial charge is 0.259 e. The molecule has 0 unspecified atom stereocenters. The predicted molar refractivity (Wildman–Crippen MR) is 132 cm³/mol. The van der Waals surface area contributed by atoms with E-state index in [1.165, 1.54) is 0 Å². The number of aliphatic hydroxyl groups is 1. The van der Waals surface area contributed by atoms with Gasteiger partial charge in [0.2, 0.25) is 5.88 Å². The van der Waals surface area contributed by atoms with Gasteiger partial charge in [-0.15, -0.1) is 0 Å². The molecule has 0 saturated carbocycles. The molecule has 0 fully saturated rings. The summed E-state index contributed by atoms with van der Waals surface area (Å²) in [5.74, 6) is 7.15. The van der Waals surface area contributed by atoms with Crippen LogP contribution in [0.25, 0.3) is 0 Å². The molecule has 0 aliphatic carbocycles. The van der Waals surface area contributed by atoms with Crippen LogP contribution >= 0.6 is 0 Å². The number of aliphatic hydroxyl groups excluding tert-OH is 1. The lowest BCUT2D eigenvalue weighted by atomic mass is 10.00. The number of fused-ring (bicyclic) bond motifs is 1. The average molecular weight is 466 g/mol. The molecule has 7 heteroatoms. The van der Waals surface area contributed by atoms with E-state index < -0.39 is 0 Å². The largest absolute Gasteiger partial charge is 0.497 e. The summed E-state index contributed by atoms with van der Waals surface area (Å²) in [4.78, 5) is 21.9. The molecule has 0 radical (unpaired) electrons. The Labute approximate surface area is 202 Å². The van der Waals surface area contributed by atoms with Gasteiger partial charge >= 0.3 is 0 Å². The molecule has 1 aromatic carbocycles. The van der Waals surface area contributed by atoms with Gasteiger partial charge in [0.1, 0.15) is 17.4 Å². The topological polar surface area (TPSA) is 75.1 Å². The minimum absolute atomic E-state index is 0.0711. The second-order valence-electron chi connectivity index (χ2n) is 8.94. The molecule has 1 amide bonds. The summed E-state index contributed by atoms with van der Waals surface area (Å²) in [7, 11) is 3.70. The number of hydrogen-bond acceptors (Lipinski definition) is 6. The van der Waals surface area contributed by atoms with Crippen molar-refractivity contribution in [2.24, 2.45) is 5.92 Å². The minimum atomic E-state index is -0.316. The summed E-state index contributed by atoms with van der Waals surface area (Å²) in [5.41, 5.74) is 1.83. The van der Waals surface area contributed by atoms with Crippen LogP contribution in [0.4, 0.5) is 0 Å². The first-order valence-corrected chi connectivity index (χ1v) is 11.8. The van der Waals surface area contributed by atoms with Crippen LogP contribution in [0.15, 0.2) is 36.5 Å². The van der Waals surface area contributed by atoms with E-state index in [-0.39, 0.29) is 30.6 Å². The van der Waals surface area contributed by atoms with Crippen molar-refractivity contribution in [3.05, 3.63) is 53.2 Å². The molecule has 1 aromatic heterocycles. The highest BCUT2D eigenvalue weighted by Crippen LogP contribution is 2.27. The predicted octanol–water partition coefficient (Wildman–Crippen LogP) is 3.05. The van der Waals surface area contributed by atoms with E-state index in [0.29, 0.717) is 23.6 Å². The number of hydrogen-bond donors (Lipinski definition) is 1. The number of benzene rings is 1. The number of aromatic nitrogens is 1. The SMILES string of the molecule is CCCN(C)C[C@@H]1Oc2ncc(C#Cc3ccc(OC)cc3)cc2C(=O)N([C@H](C)CO)C[C@@H]1C. The average Bonchev–Trinajstić information content (AvgIpc) is 2.85. The zero-order valence-electron chi connectivity index (χ0n) is 20.7. The van der Waals surface area contributed by atoms with Crippen molar-refractivity contribution in [1.29, 1.82) is 0 Å². The quantitative estimate of drug-likeness (QED) is 0.634. The van der Waals surface area contributed by atoms with Crippen LogP contribution in [0.2, 0.25) is 0 Å². The number of pyridine rings is 1. The van der Waals surface area contributed by atoms with Crippen molar-refractivity contribution in [2.45, 2.75) is 39.3 Å². The number of methoxy groups -OCH3 is 1. The van der Waals surface area contributed by atoms with E-state index in [1.807, 2.05) is 31.2 Å². The molecular weight excluding hydrogens is 430 g/mol. The fourth-order valence-corrected chi connectivity index (χ4v) is 3.99. The maximum Gasteiger partial charge on any atom is 0.259 e. The molecule has 0 bridgehead atoms. The van der Waals surface area contributed by atoms with E-state index in [1.54, 1.807) is 24.3 Å². The van der Waals surface area contributed by atoms with Crippen molar-refractivity contribution in [3.63, 3.8) is 0 Å². The third-order valence-electron chi connectivity index (χ3n) is 6.06. The Morgan fingerprint density at radius 2 is 2.00 bits per heavy atom. The van der Waals surface area contributed by atoms with Crippen LogP contribution in [-0.4, -0.2) is 78.3 Å². The number of amides is 1. The van der Waals surface area contributed by atoms with Crippen molar-refractivity contribution >= 4 is 5.91 Å². The van der Waals surface area contributed by atoms with Gasteiger partial charge in [-0.05, 0) is 57.3 Å². The lowest BCUT2D eigenvalue weighted by Crippen LogP contribution is -2.50. The Hall–Kier alpha value is -3.08. The summed E-state index contributed by atoms with van der Waals surface area (Å²) in [6.45, 7) is 8.15. The third kappa shape index (κ3) is 6.28. The zero-order chi connectivity index (χ0) is 24.7. The fourth-order valence-electron chi connectivity index (χ4n) is 3.99. The number of carbonyl (C=O) groups excluding carboxylic acids is 1. The van der Waals surface area contributed by atoms with Crippen LogP contribution in [0, 0.1) is 17.8 Å². The standard InChI is InChI=1S/C27H35N3O4/c1-6-13-29(4)17-25-19(2)16-30(20(3)18-31)27(32)24-14-22(15-28-26(24)34-25)8-7-21-9-11-23(33-5)12-10-21/h9-12,14-15,19-20,25,31H,6,13,16-18H2,1-5H3/t19-,20+,25-/m0/s1.